The van der Waals surface area contributed by atoms with E-state index in [2.05, 4.69) is 224 Å². The molecule has 9 rings (SSSR count). The van der Waals surface area contributed by atoms with Gasteiger partial charge in [-0.1, -0.05) is 48.5 Å². The average molecular weight is 845 g/mol. The Morgan fingerprint density at radius 1 is 0.328 bits per heavy atom. The van der Waals surface area contributed by atoms with Crippen LogP contribution >= 0.6 is 0 Å². The Bertz CT molecular complexity index is 3050. The highest BCUT2D eigenvalue weighted by molar-refractivity contribution is 6.51. The second-order valence-corrected chi connectivity index (χ2v) is 20.6. The van der Waals surface area contributed by atoms with Gasteiger partial charge in [0.1, 0.15) is 22.7 Å². The number of hydrogen-bond acceptors (Lipinski definition) is 4. The first kappa shape index (κ1) is 42.6. The van der Waals surface area contributed by atoms with Gasteiger partial charge in [0.15, 0.2) is 0 Å². The molecule has 0 spiro atoms. The van der Waals surface area contributed by atoms with Crippen LogP contribution in [0.1, 0.15) is 22.3 Å². The predicted octanol–water partition coefficient (Wildman–Crippen LogP) is 10.5. The van der Waals surface area contributed by atoms with Crippen LogP contribution < -0.4 is 17.9 Å². The predicted molar refractivity (Wildman–Crippen MR) is 278 cm³/mol. The highest BCUT2D eigenvalue weighted by atomic mass is 15.3. The highest BCUT2D eigenvalue weighted by Gasteiger charge is 2.39. The van der Waals surface area contributed by atoms with Gasteiger partial charge >= 0.3 is 0 Å². The molecule has 0 aromatic heterocycles. The van der Waals surface area contributed by atoms with Gasteiger partial charge in [-0.15, -0.1) is 0 Å². The van der Waals surface area contributed by atoms with Crippen LogP contribution in [0.3, 0.4) is 0 Å². The number of aliphatic imine (C=N–C) groups is 4. The number of quaternary nitrogens is 4. The van der Waals surface area contributed by atoms with Crippen LogP contribution in [0.25, 0.3) is 22.3 Å². The van der Waals surface area contributed by atoms with Crippen molar-refractivity contribution in [2.24, 2.45) is 20.0 Å². The summed E-state index contributed by atoms with van der Waals surface area (Å²) in [6.45, 7) is 0. The zero-order valence-corrected chi connectivity index (χ0v) is 39.4. The minimum Gasteiger partial charge on any atom is -0.298 e. The molecule has 5 aliphatic heterocycles. The Morgan fingerprint density at radius 2 is 0.719 bits per heavy atom. The first-order chi connectivity index (χ1) is 30.3. The summed E-state index contributed by atoms with van der Waals surface area (Å²) < 4.78 is 2.44. The summed E-state index contributed by atoms with van der Waals surface area (Å²) in [7, 11) is 26.9. The smallest absolute Gasteiger partial charge is 0.140 e. The van der Waals surface area contributed by atoms with Crippen molar-refractivity contribution < 1.29 is 0 Å². The summed E-state index contributed by atoms with van der Waals surface area (Å²) >= 11 is 0. The fraction of sp³-hybridized carbons (Fsp3) is 0.214. The largest absolute Gasteiger partial charge is 0.298 e. The minimum atomic E-state index is 0.586. The fourth-order valence-electron chi connectivity index (χ4n) is 9.22. The van der Waals surface area contributed by atoms with Crippen LogP contribution in [0.4, 0.5) is 22.7 Å². The van der Waals surface area contributed by atoms with Crippen molar-refractivity contribution >= 4 is 67.9 Å². The number of hydrogen-bond donors (Lipinski definition) is 0. The summed E-state index contributed by atoms with van der Waals surface area (Å²) in [6, 6.07) is 35.3. The lowest BCUT2D eigenvalue weighted by molar-refractivity contribution is 0.485. The van der Waals surface area contributed by atoms with E-state index in [0.717, 1.165) is 95.9 Å². The van der Waals surface area contributed by atoms with Crippen LogP contribution in [0.2, 0.25) is 0 Å². The summed E-state index contributed by atoms with van der Waals surface area (Å²) in [5.41, 5.74) is 20.0. The molecule has 8 nitrogen and oxygen atoms in total. The maximum absolute atomic E-state index is 5.97. The molecule has 320 valence electrons. The molecule has 64 heavy (non-hydrogen) atoms. The summed E-state index contributed by atoms with van der Waals surface area (Å²) in [6.07, 6.45) is 16.8. The normalized spacial score (nSPS) is 17.6. The molecule has 5 aliphatic rings. The van der Waals surface area contributed by atoms with Crippen LogP contribution in [-0.2, 0) is 0 Å². The molecule has 0 atom stereocenters. The van der Waals surface area contributed by atoms with E-state index in [4.69, 9.17) is 20.0 Å². The van der Waals surface area contributed by atoms with Crippen LogP contribution in [0, 0.1) is 0 Å². The van der Waals surface area contributed by atoms with Gasteiger partial charge in [-0.3, -0.25) is 17.9 Å². The van der Waals surface area contributed by atoms with Crippen LogP contribution in [0.5, 0.6) is 0 Å². The molecule has 0 unspecified atom stereocenters. The quantitative estimate of drug-likeness (QED) is 0.159. The van der Waals surface area contributed by atoms with E-state index in [1.54, 1.807) is 0 Å². The number of rotatable bonds is 8. The van der Waals surface area contributed by atoms with Gasteiger partial charge < -0.3 is 0 Å². The van der Waals surface area contributed by atoms with Crippen molar-refractivity contribution in [3.05, 3.63) is 191 Å². The molecule has 4 aromatic carbocycles. The second-order valence-electron chi connectivity index (χ2n) is 20.6. The number of fused-ring (bicyclic) bond motifs is 4. The molecule has 8 bridgehead atoms. The van der Waals surface area contributed by atoms with Gasteiger partial charge in [-0.25, -0.2) is 20.0 Å². The summed E-state index contributed by atoms with van der Waals surface area (Å²) in [4.78, 5) is 21.9. The maximum Gasteiger partial charge on any atom is 0.140 e. The molecule has 0 fully saturated rings. The van der Waals surface area contributed by atoms with Crippen molar-refractivity contribution in [3.63, 3.8) is 0 Å². The Kier molecular flexibility index (Phi) is 10.3. The number of allylic oxidation sites excluding steroid dienone is 12. The molecule has 0 saturated heterocycles. The van der Waals surface area contributed by atoms with Crippen molar-refractivity contribution in [3.8, 4) is 0 Å². The lowest BCUT2D eigenvalue weighted by atomic mass is 9.84. The second kappa shape index (κ2) is 15.5. The van der Waals surface area contributed by atoms with Gasteiger partial charge in [0.2, 0.25) is 0 Å². The van der Waals surface area contributed by atoms with Gasteiger partial charge in [-0.05, 0) is 97.1 Å². The summed E-state index contributed by atoms with van der Waals surface area (Å²) in [5.74, 6) is 0. The monoisotopic (exact) mass is 844 g/mol. The Labute approximate surface area is 379 Å². The summed E-state index contributed by atoms with van der Waals surface area (Å²) in [5, 5.41) is 0. The standard InChI is InChI=1S/C56H60N8/c1-61(2,3)48-25-17-13-21-42(48)46-35-41-34-39-30-29-37(57-39)33-38-31-32-40(58-38)36-47-52(43-22-14-18-26-49(43)62(4,5)6)53(44-23-15-19-27-50(44)63(7,8)9)56(60-47)54(55(46)59-41)45-24-16-20-28-51(45)64(10,11)12/h13-36H,1-12H3/q+4. The van der Waals surface area contributed by atoms with E-state index in [0.29, 0.717) is 17.9 Å². The lowest BCUT2D eigenvalue weighted by Crippen LogP contribution is -2.36. The van der Waals surface area contributed by atoms with Gasteiger partial charge in [0.05, 0.1) is 130 Å². The third kappa shape index (κ3) is 7.95. The van der Waals surface area contributed by atoms with E-state index in [1.807, 2.05) is 6.08 Å². The van der Waals surface area contributed by atoms with Crippen molar-refractivity contribution in [1.82, 2.24) is 17.9 Å². The van der Waals surface area contributed by atoms with Crippen molar-refractivity contribution in [2.45, 2.75) is 0 Å². The molecule has 0 saturated carbocycles. The molecular weight excluding hydrogens is 785 g/mol. The zero-order valence-electron chi connectivity index (χ0n) is 39.4. The Morgan fingerprint density at radius 3 is 1.20 bits per heavy atom. The average Bonchev–Trinajstić information content (AvgIpc) is 4.04. The van der Waals surface area contributed by atoms with E-state index in [1.165, 1.54) is 17.1 Å². The lowest BCUT2D eigenvalue weighted by Gasteiger charge is -2.30. The number of benzene rings is 4. The molecular formula is C56H60N8+4. The first-order valence-electron chi connectivity index (χ1n) is 22.0. The van der Waals surface area contributed by atoms with Crippen LogP contribution in [-0.4, -0.2) is 107 Å². The molecule has 5 heterocycles. The molecule has 0 radical (unpaired) electrons. The van der Waals surface area contributed by atoms with Crippen molar-refractivity contribution in [2.75, 3.05) is 84.6 Å². The SMILES string of the molecule is C[N+](C)(C)c1ccccc1C1=CC2=CC3=NC(=CC4=NC(=CC5=NC(=C(c6ccccc6[N+](C)(C)C)C1=N2)C(c1ccccc1[N+](C)(C)C)=C5c1ccccc1[N+](C)(C)C)C=C4)C=C3. The highest BCUT2D eigenvalue weighted by Crippen LogP contribution is 2.51. The zero-order chi connectivity index (χ0) is 45.3. The Balaban J connectivity index is 1.54. The maximum atomic E-state index is 5.97. The molecule has 4 aromatic rings. The third-order valence-electron chi connectivity index (χ3n) is 12.1. The van der Waals surface area contributed by atoms with E-state index in [-0.39, 0.29) is 0 Å². The first-order valence-corrected chi connectivity index (χ1v) is 22.0. The topological polar surface area (TPSA) is 49.4 Å². The Hall–Kier alpha value is -6.68. The van der Waals surface area contributed by atoms with E-state index in [9.17, 15) is 0 Å². The minimum absolute atomic E-state index is 0.586. The molecule has 0 amide bonds. The molecule has 0 N–H and O–H groups in total. The van der Waals surface area contributed by atoms with E-state index >= 15 is 0 Å². The van der Waals surface area contributed by atoms with Gasteiger partial charge in [0.25, 0.3) is 0 Å². The number of nitrogens with zero attached hydrogens (tertiary/aromatic N) is 8. The third-order valence-corrected chi connectivity index (χ3v) is 12.1. The fourth-order valence-corrected chi connectivity index (χ4v) is 9.22. The van der Waals surface area contributed by atoms with Gasteiger partial charge in [0, 0.05) is 44.5 Å². The molecule has 8 heteroatoms. The molecule has 0 aliphatic carbocycles. The van der Waals surface area contributed by atoms with Crippen molar-refractivity contribution in [1.29, 1.82) is 0 Å². The van der Waals surface area contributed by atoms with Gasteiger partial charge in [-0.2, -0.15) is 0 Å². The van der Waals surface area contributed by atoms with E-state index < -0.39 is 0 Å². The van der Waals surface area contributed by atoms with Crippen LogP contribution in [0.15, 0.2) is 188 Å². The number of para-hydroxylation sites is 4.